The van der Waals surface area contributed by atoms with E-state index in [9.17, 15) is 4.79 Å². The number of nitrogens with two attached hydrogens (primary N) is 1. The van der Waals surface area contributed by atoms with Gasteiger partial charge < -0.3 is 5.73 Å². The Kier molecular flexibility index (Phi) is 3.43. The van der Waals surface area contributed by atoms with Crippen molar-refractivity contribution in [3.05, 3.63) is 30.3 Å². The van der Waals surface area contributed by atoms with E-state index in [2.05, 4.69) is 10.3 Å². The van der Waals surface area contributed by atoms with Gasteiger partial charge >= 0.3 is 6.03 Å². The molecule has 0 aliphatic heterocycles. The largest absolute Gasteiger partial charge is 0.350 e. The number of rotatable bonds is 3. The van der Waals surface area contributed by atoms with E-state index in [0.717, 1.165) is 16.8 Å². The average Bonchev–Trinajstić information content (AvgIpc) is 2.05. The molecular formula is C7H8N3OS. The van der Waals surface area contributed by atoms with Crippen molar-refractivity contribution >= 4 is 18.0 Å². The molecule has 0 heterocycles. The summed E-state index contributed by atoms with van der Waals surface area (Å²) in [6.45, 7) is 0. The van der Waals surface area contributed by atoms with E-state index in [-0.39, 0.29) is 0 Å². The van der Waals surface area contributed by atoms with Gasteiger partial charge in [-0.25, -0.2) is 10.2 Å². The molecule has 1 radical (unpaired) electrons. The summed E-state index contributed by atoms with van der Waals surface area (Å²) in [6.07, 6.45) is 0. The van der Waals surface area contributed by atoms with Crippen LogP contribution in [0.25, 0.3) is 0 Å². The molecule has 0 aliphatic carbocycles. The van der Waals surface area contributed by atoms with Gasteiger partial charge in [-0.1, -0.05) is 23.0 Å². The van der Waals surface area contributed by atoms with Crippen LogP contribution in [0.3, 0.4) is 0 Å². The smallest absolute Gasteiger partial charge is 0.328 e. The minimum atomic E-state index is -0.654. The predicted molar refractivity (Wildman–Crippen MR) is 47.2 cm³/mol. The Bertz CT molecular complexity index is 252. The fourth-order valence-corrected chi connectivity index (χ4v) is 1.12. The number of carbonyl (C=O) groups excluding carboxylic acids is 1. The third-order valence-corrected chi connectivity index (χ3v) is 1.72. The van der Waals surface area contributed by atoms with Gasteiger partial charge in [0.25, 0.3) is 0 Å². The molecule has 0 spiro atoms. The Morgan fingerprint density at radius 2 is 2.08 bits per heavy atom. The maximum Gasteiger partial charge on any atom is 0.328 e. The highest BCUT2D eigenvalue weighted by atomic mass is 32.2. The maximum absolute atomic E-state index is 10.2. The Balaban J connectivity index is 2.29. The molecule has 0 saturated heterocycles. The summed E-state index contributed by atoms with van der Waals surface area (Å²) in [5, 5.41) is 0. The van der Waals surface area contributed by atoms with Gasteiger partial charge in [-0.2, -0.15) is 0 Å². The fraction of sp³-hybridized carbons (Fsp3) is 0. The van der Waals surface area contributed by atoms with Crippen LogP contribution >= 0.6 is 11.9 Å². The van der Waals surface area contributed by atoms with Gasteiger partial charge in [-0.15, -0.1) is 0 Å². The number of hydrogen-bond acceptors (Lipinski definition) is 2. The highest BCUT2D eigenvalue weighted by Crippen LogP contribution is 2.12. The normalized spacial score (nSPS) is 9.33. The Hall–Kier alpha value is -1.20. The average molecular weight is 182 g/mol. The molecule has 0 atom stereocenters. The van der Waals surface area contributed by atoms with Crippen LogP contribution in [0.15, 0.2) is 35.2 Å². The molecule has 1 aromatic carbocycles. The molecule has 2 amide bonds. The lowest BCUT2D eigenvalue weighted by Gasteiger charge is -1.98. The predicted octanol–water partition coefficient (Wildman–Crippen LogP) is 0.881. The minimum absolute atomic E-state index is 0.654. The van der Waals surface area contributed by atoms with E-state index in [1.165, 1.54) is 0 Å². The zero-order chi connectivity index (χ0) is 8.81. The Morgan fingerprint density at radius 3 is 2.67 bits per heavy atom. The monoisotopic (exact) mass is 182 g/mol. The molecule has 3 N–H and O–H groups in total. The van der Waals surface area contributed by atoms with Crippen molar-refractivity contribution in [1.29, 1.82) is 0 Å². The molecule has 0 bridgehead atoms. The van der Waals surface area contributed by atoms with Crippen LogP contribution in [-0.4, -0.2) is 6.03 Å². The van der Waals surface area contributed by atoms with Gasteiger partial charge in [0.15, 0.2) is 0 Å². The number of nitrogens with zero attached hydrogens (tertiary/aromatic N) is 1. The van der Waals surface area contributed by atoms with Crippen molar-refractivity contribution in [2.75, 3.05) is 0 Å². The quantitative estimate of drug-likeness (QED) is 0.538. The molecule has 12 heavy (non-hydrogen) atoms. The number of hydrogen-bond donors (Lipinski definition) is 2. The van der Waals surface area contributed by atoms with Crippen LogP contribution in [-0.2, 0) is 0 Å². The van der Waals surface area contributed by atoms with E-state index in [1.54, 1.807) is 0 Å². The standard InChI is InChI=1S/C7H8N3OS/c8-7(11)9-10-12-6-4-2-1-3-5-6/h1-5H,(H3,8,9,11). The third kappa shape index (κ3) is 3.27. The van der Waals surface area contributed by atoms with E-state index in [0.29, 0.717) is 0 Å². The summed E-state index contributed by atoms with van der Waals surface area (Å²) in [7, 11) is 0. The zero-order valence-electron chi connectivity index (χ0n) is 6.23. The second-order valence-corrected chi connectivity index (χ2v) is 2.81. The van der Waals surface area contributed by atoms with Crippen LogP contribution in [0.4, 0.5) is 4.79 Å². The van der Waals surface area contributed by atoms with E-state index >= 15 is 0 Å². The van der Waals surface area contributed by atoms with Gasteiger partial charge in [0.05, 0.1) is 0 Å². The summed E-state index contributed by atoms with van der Waals surface area (Å²) < 4.78 is 0. The van der Waals surface area contributed by atoms with Crippen molar-refractivity contribution in [2.45, 2.75) is 4.90 Å². The van der Waals surface area contributed by atoms with Crippen LogP contribution in [0, 0.1) is 0 Å². The van der Waals surface area contributed by atoms with Gasteiger partial charge in [0, 0.05) is 4.90 Å². The summed E-state index contributed by atoms with van der Waals surface area (Å²) in [5.74, 6) is 0. The molecule has 1 aromatic rings. The minimum Gasteiger partial charge on any atom is -0.350 e. The SMILES string of the molecule is NC(=O)N[N]Sc1ccccc1. The zero-order valence-corrected chi connectivity index (χ0v) is 7.04. The Labute approximate surface area is 74.6 Å². The van der Waals surface area contributed by atoms with E-state index in [1.807, 2.05) is 30.3 Å². The molecule has 0 unspecified atom stereocenters. The maximum atomic E-state index is 10.2. The van der Waals surface area contributed by atoms with E-state index in [4.69, 9.17) is 5.73 Å². The first-order valence-corrected chi connectivity index (χ1v) is 4.04. The highest BCUT2D eigenvalue weighted by Gasteiger charge is 1.94. The molecular weight excluding hydrogens is 174 g/mol. The van der Waals surface area contributed by atoms with E-state index < -0.39 is 6.03 Å². The lowest BCUT2D eigenvalue weighted by molar-refractivity contribution is 0.247. The first-order chi connectivity index (χ1) is 5.79. The first-order valence-electron chi connectivity index (χ1n) is 3.26. The molecule has 5 heteroatoms. The number of nitrogens with one attached hydrogen (secondary N) is 1. The summed E-state index contributed by atoms with van der Waals surface area (Å²) in [4.78, 5) is 14.8. The number of amides is 2. The van der Waals surface area contributed by atoms with Crippen molar-refractivity contribution in [3.8, 4) is 0 Å². The molecule has 0 fully saturated rings. The van der Waals surface area contributed by atoms with Crippen LogP contribution in [0.1, 0.15) is 0 Å². The summed E-state index contributed by atoms with van der Waals surface area (Å²) >= 11 is 1.16. The molecule has 1 rings (SSSR count). The van der Waals surface area contributed by atoms with Crippen LogP contribution in [0.5, 0.6) is 0 Å². The van der Waals surface area contributed by atoms with Gasteiger partial charge in [0.1, 0.15) is 0 Å². The number of carbonyl (C=O) groups is 1. The molecule has 4 nitrogen and oxygen atoms in total. The van der Waals surface area contributed by atoms with Gasteiger partial charge in [0.2, 0.25) is 0 Å². The lowest BCUT2D eigenvalue weighted by atomic mass is 10.4. The highest BCUT2D eigenvalue weighted by molar-refractivity contribution is 7.97. The molecule has 0 saturated carbocycles. The van der Waals surface area contributed by atoms with Crippen molar-refractivity contribution < 1.29 is 4.79 Å². The van der Waals surface area contributed by atoms with Crippen molar-refractivity contribution in [1.82, 2.24) is 10.3 Å². The third-order valence-electron chi connectivity index (χ3n) is 1.05. The molecule has 0 aliphatic rings. The molecule has 0 aromatic heterocycles. The van der Waals surface area contributed by atoms with Gasteiger partial charge in [-0.3, -0.25) is 0 Å². The first kappa shape index (κ1) is 8.89. The topological polar surface area (TPSA) is 69.2 Å². The van der Waals surface area contributed by atoms with Crippen molar-refractivity contribution in [2.24, 2.45) is 5.73 Å². The molecule has 63 valence electrons. The fourth-order valence-electron chi connectivity index (χ4n) is 0.602. The van der Waals surface area contributed by atoms with Crippen molar-refractivity contribution in [3.63, 3.8) is 0 Å². The number of primary amides is 1. The number of urea groups is 1. The number of benzene rings is 1. The Morgan fingerprint density at radius 1 is 1.42 bits per heavy atom. The summed E-state index contributed by atoms with van der Waals surface area (Å²) in [5.41, 5.74) is 6.92. The summed E-state index contributed by atoms with van der Waals surface area (Å²) in [6, 6.07) is 8.81. The van der Waals surface area contributed by atoms with Crippen LogP contribution < -0.4 is 16.0 Å². The second-order valence-electron chi connectivity index (χ2n) is 1.97. The van der Waals surface area contributed by atoms with Crippen LogP contribution in [0.2, 0.25) is 0 Å². The lowest BCUT2D eigenvalue weighted by Crippen LogP contribution is -2.32. The van der Waals surface area contributed by atoms with Gasteiger partial charge in [-0.05, 0) is 24.1 Å². The second kappa shape index (κ2) is 4.63.